The van der Waals surface area contributed by atoms with E-state index < -0.39 is 0 Å². The van der Waals surface area contributed by atoms with Crippen molar-refractivity contribution in [2.24, 2.45) is 0 Å². The first-order chi connectivity index (χ1) is 10.1. The van der Waals surface area contributed by atoms with Gasteiger partial charge in [0.05, 0.1) is 12.5 Å². The molecule has 4 nitrogen and oxygen atoms in total. The highest BCUT2D eigenvalue weighted by Crippen LogP contribution is 2.26. The number of aromatic hydroxyl groups is 1. The molecule has 2 aromatic rings. The lowest BCUT2D eigenvalue weighted by atomic mass is 10.1. The van der Waals surface area contributed by atoms with E-state index >= 15 is 0 Å². The number of hydrogen-bond acceptors (Lipinski definition) is 3. The monoisotopic (exact) mass is 284 g/mol. The Bertz CT molecular complexity index is 608. The fraction of sp³-hybridized carbons (Fsp3) is 0.235. The molecule has 0 spiro atoms. The van der Waals surface area contributed by atoms with Gasteiger partial charge in [0.25, 0.3) is 0 Å². The standard InChI is InChI=1S/C17H20N2O2/c1-12(15-5-3-4-6-16(15)20)19-14-9-7-13(8-10-14)11-17(21)18-2/h3-10,12,19-20H,11H2,1-2H3,(H,18,21). The van der Waals surface area contributed by atoms with Gasteiger partial charge < -0.3 is 15.7 Å². The van der Waals surface area contributed by atoms with Crippen LogP contribution in [0.5, 0.6) is 5.75 Å². The summed E-state index contributed by atoms with van der Waals surface area (Å²) in [5.41, 5.74) is 2.77. The van der Waals surface area contributed by atoms with Crippen LogP contribution in [0.2, 0.25) is 0 Å². The third-order valence-corrected chi connectivity index (χ3v) is 3.38. The second kappa shape index (κ2) is 6.79. The number of anilines is 1. The van der Waals surface area contributed by atoms with Crippen LogP contribution in [0.1, 0.15) is 24.1 Å². The molecule has 0 aliphatic rings. The average Bonchev–Trinajstić information content (AvgIpc) is 2.49. The van der Waals surface area contributed by atoms with Gasteiger partial charge in [-0.2, -0.15) is 0 Å². The Morgan fingerprint density at radius 2 is 1.81 bits per heavy atom. The van der Waals surface area contributed by atoms with Crippen LogP contribution in [0.15, 0.2) is 48.5 Å². The highest BCUT2D eigenvalue weighted by Gasteiger charge is 2.09. The average molecular weight is 284 g/mol. The van der Waals surface area contributed by atoms with Crippen molar-refractivity contribution in [3.63, 3.8) is 0 Å². The molecular weight excluding hydrogens is 264 g/mol. The second-order valence-corrected chi connectivity index (χ2v) is 4.97. The summed E-state index contributed by atoms with van der Waals surface area (Å²) in [5.74, 6) is 0.284. The molecule has 2 aromatic carbocycles. The Hall–Kier alpha value is -2.49. The van der Waals surface area contributed by atoms with E-state index in [2.05, 4.69) is 10.6 Å². The molecule has 0 saturated heterocycles. The summed E-state index contributed by atoms with van der Waals surface area (Å²) in [6.07, 6.45) is 0.381. The van der Waals surface area contributed by atoms with E-state index in [4.69, 9.17) is 0 Å². The maximum absolute atomic E-state index is 11.3. The van der Waals surface area contributed by atoms with Gasteiger partial charge in [0.1, 0.15) is 5.75 Å². The molecule has 110 valence electrons. The number of likely N-dealkylation sites (N-methyl/N-ethyl adjacent to an activating group) is 1. The number of amides is 1. The SMILES string of the molecule is CNC(=O)Cc1ccc(NC(C)c2ccccc2O)cc1. The van der Waals surface area contributed by atoms with Crippen LogP contribution in [-0.2, 0) is 11.2 Å². The van der Waals surface area contributed by atoms with Gasteiger partial charge in [-0.3, -0.25) is 4.79 Å². The van der Waals surface area contributed by atoms with Gasteiger partial charge in [-0.25, -0.2) is 0 Å². The fourth-order valence-corrected chi connectivity index (χ4v) is 2.17. The lowest BCUT2D eigenvalue weighted by Gasteiger charge is -2.17. The minimum atomic E-state index is -0.00371. The van der Waals surface area contributed by atoms with Crippen molar-refractivity contribution in [1.82, 2.24) is 5.32 Å². The van der Waals surface area contributed by atoms with Crippen molar-refractivity contribution in [2.45, 2.75) is 19.4 Å². The van der Waals surface area contributed by atoms with E-state index in [1.165, 1.54) is 0 Å². The summed E-state index contributed by atoms with van der Waals surface area (Å²) < 4.78 is 0. The van der Waals surface area contributed by atoms with Crippen molar-refractivity contribution in [3.05, 3.63) is 59.7 Å². The van der Waals surface area contributed by atoms with Gasteiger partial charge in [0, 0.05) is 18.3 Å². The third-order valence-electron chi connectivity index (χ3n) is 3.38. The fourth-order valence-electron chi connectivity index (χ4n) is 2.17. The summed E-state index contributed by atoms with van der Waals surface area (Å²) >= 11 is 0. The molecule has 0 aliphatic heterocycles. The normalized spacial score (nSPS) is 11.7. The number of phenolic OH excluding ortho intramolecular Hbond substituents is 1. The van der Waals surface area contributed by atoms with Gasteiger partial charge in [0.2, 0.25) is 5.91 Å². The maximum Gasteiger partial charge on any atom is 0.224 e. The highest BCUT2D eigenvalue weighted by molar-refractivity contribution is 5.78. The number of carbonyl (C=O) groups is 1. The zero-order valence-corrected chi connectivity index (χ0v) is 12.3. The number of benzene rings is 2. The van der Waals surface area contributed by atoms with Crippen LogP contribution in [0, 0.1) is 0 Å². The number of hydrogen-bond donors (Lipinski definition) is 3. The van der Waals surface area contributed by atoms with E-state index in [9.17, 15) is 9.90 Å². The van der Waals surface area contributed by atoms with Gasteiger partial charge >= 0.3 is 0 Å². The molecule has 2 rings (SSSR count). The van der Waals surface area contributed by atoms with Gasteiger partial charge in [0.15, 0.2) is 0 Å². The summed E-state index contributed by atoms with van der Waals surface area (Å²) in [7, 11) is 1.63. The Kier molecular flexibility index (Phi) is 4.82. The first kappa shape index (κ1) is 14.9. The largest absolute Gasteiger partial charge is 0.508 e. The molecule has 4 heteroatoms. The molecule has 0 bridgehead atoms. The van der Waals surface area contributed by atoms with Crippen molar-refractivity contribution < 1.29 is 9.90 Å². The molecule has 0 heterocycles. The van der Waals surface area contributed by atoms with E-state index in [-0.39, 0.29) is 17.7 Å². The minimum absolute atomic E-state index is 0.00159. The Morgan fingerprint density at radius 1 is 1.14 bits per heavy atom. The van der Waals surface area contributed by atoms with E-state index in [1.807, 2.05) is 43.3 Å². The van der Waals surface area contributed by atoms with Crippen molar-refractivity contribution in [3.8, 4) is 5.75 Å². The molecule has 0 fully saturated rings. The van der Waals surface area contributed by atoms with Gasteiger partial charge in [-0.15, -0.1) is 0 Å². The highest BCUT2D eigenvalue weighted by atomic mass is 16.3. The zero-order chi connectivity index (χ0) is 15.2. The lowest BCUT2D eigenvalue weighted by Crippen LogP contribution is -2.19. The summed E-state index contributed by atoms with van der Waals surface area (Å²) in [5, 5.41) is 15.8. The molecule has 21 heavy (non-hydrogen) atoms. The molecule has 1 unspecified atom stereocenters. The van der Waals surface area contributed by atoms with Gasteiger partial charge in [-0.05, 0) is 30.7 Å². The Morgan fingerprint density at radius 3 is 2.43 bits per heavy atom. The number of nitrogens with one attached hydrogen (secondary N) is 2. The van der Waals surface area contributed by atoms with Crippen LogP contribution >= 0.6 is 0 Å². The van der Waals surface area contributed by atoms with E-state index in [0.29, 0.717) is 6.42 Å². The third kappa shape index (κ3) is 3.99. The van der Waals surface area contributed by atoms with Crippen LogP contribution in [0.4, 0.5) is 5.69 Å². The van der Waals surface area contributed by atoms with Crippen molar-refractivity contribution in [2.75, 3.05) is 12.4 Å². The van der Waals surface area contributed by atoms with Crippen LogP contribution in [0.3, 0.4) is 0 Å². The van der Waals surface area contributed by atoms with E-state index in [1.54, 1.807) is 19.2 Å². The topological polar surface area (TPSA) is 61.4 Å². The predicted molar refractivity (Wildman–Crippen MR) is 84.4 cm³/mol. The minimum Gasteiger partial charge on any atom is -0.508 e. The number of rotatable bonds is 5. The zero-order valence-electron chi connectivity index (χ0n) is 12.3. The second-order valence-electron chi connectivity index (χ2n) is 4.97. The lowest BCUT2D eigenvalue weighted by molar-refractivity contribution is -0.119. The summed E-state index contributed by atoms with van der Waals surface area (Å²) in [6, 6.07) is 15.0. The van der Waals surface area contributed by atoms with Gasteiger partial charge in [-0.1, -0.05) is 30.3 Å². The number of phenols is 1. The quantitative estimate of drug-likeness (QED) is 0.791. The summed E-state index contributed by atoms with van der Waals surface area (Å²) in [6.45, 7) is 1.99. The molecule has 1 atom stereocenters. The van der Waals surface area contributed by atoms with Crippen LogP contribution in [-0.4, -0.2) is 18.1 Å². The first-order valence-corrected chi connectivity index (χ1v) is 6.94. The Labute approximate surface area is 124 Å². The van der Waals surface area contributed by atoms with Crippen LogP contribution < -0.4 is 10.6 Å². The molecule has 3 N–H and O–H groups in total. The van der Waals surface area contributed by atoms with Crippen LogP contribution in [0.25, 0.3) is 0 Å². The summed E-state index contributed by atoms with van der Waals surface area (Å²) in [4.78, 5) is 11.3. The smallest absolute Gasteiger partial charge is 0.224 e. The first-order valence-electron chi connectivity index (χ1n) is 6.94. The Balaban J connectivity index is 2.03. The number of carbonyl (C=O) groups excluding carboxylic acids is 1. The molecule has 0 aliphatic carbocycles. The molecule has 0 radical (unpaired) electrons. The van der Waals surface area contributed by atoms with Crippen molar-refractivity contribution >= 4 is 11.6 Å². The molecule has 0 saturated carbocycles. The van der Waals surface area contributed by atoms with Crippen molar-refractivity contribution in [1.29, 1.82) is 0 Å². The predicted octanol–water partition coefficient (Wildman–Crippen LogP) is 2.85. The maximum atomic E-state index is 11.3. The molecule has 0 aromatic heterocycles. The molecular formula is C17H20N2O2. The molecule has 1 amide bonds. The van der Waals surface area contributed by atoms with E-state index in [0.717, 1.165) is 16.8 Å². The number of para-hydroxylation sites is 1.